The minimum Gasteiger partial charge on any atom is -0.496 e. The minimum atomic E-state index is -0.731. The number of allylic oxidation sites excluding steroid dienone is 1. The number of methoxy groups -OCH3 is 1. The lowest BCUT2D eigenvalue weighted by molar-refractivity contribution is -0.121. The summed E-state index contributed by atoms with van der Waals surface area (Å²) < 4.78 is 25.4. The van der Waals surface area contributed by atoms with Gasteiger partial charge in [0, 0.05) is 26.0 Å². The maximum Gasteiger partial charge on any atom is 0.251 e. The van der Waals surface area contributed by atoms with Gasteiger partial charge in [-0.25, -0.2) is 4.39 Å². The van der Waals surface area contributed by atoms with Crippen molar-refractivity contribution in [1.82, 2.24) is 0 Å². The summed E-state index contributed by atoms with van der Waals surface area (Å²) in [5.74, 6) is 0.744. The van der Waals surface area contributed by atoms with E-state index in [0.29, 0.717) is 29.2 Å². The summed E-state index contributed by atoms with van der Waals surface area (Å²) in [7, 11) is 3.29. The predicted octanol–water partition coefficient (Wildman–Crippen LogP) is 5.35. The van der Waals surface area contributed by atoms with Gasteiger partial charge < -0.3 is 19.7 Å². The highest BCUT2D eigenvalue weighted by Gasteiger charge is 2.38. The Labute approximate surface area is 172 Å². The van der Waals surface area contributed by atoms with E-state index in [0.717, 1.165) is 16.8 Å². The number of carbonyl (C=O) groups excluding carboxylic acids is 1. The molecule has 0 atom stereocenters. The van der Waals surface area contributed by atoms with Crippen LogP contribution < -0.4 is 15.0 Å². The standard InChI is InChI=1S/C23H27FN2O3.H2/c1-7-14(2)29-13-18-16(17-12-15(24)8-11-20(17)28-6)9-10-19-21(18)26(5)22(27)23(3,4)25-19;/h8-12,25H,2,7,13H2,1,3-6H3;1H. The Bertz CT molecular complexity index is 975. The van der Waals surface area contributed by atoms with Crippen LogP contribution in [0.5, 0.6) is 5.75 Å². The van der Waals surface area contributed by atoms with Crippen LogP contribution in [0.25, 0.3) is 11.1 Å². The molecule has 0 saturated heterocycles. The van der Waals surface area contributed by atoms with Crippen molar-refractivity contribution in [1.29, 1.82) is 0 Å². The summed E-state index contributed by atoms with van der Waals surface area (Å²) in [6.07, 6.45) is 0.674. The first kappa shape index (κ1) is 20.7. The zero-order valence-electron chi connectivity index (χ0n) is 17.6. The number of hydrogen-bond donors (Lipinski definition) is 1. The normalized spacial score (nSPS) is 14.8. The van der Waals surface area contributed by atoms with Crippen LogP contribution in [-0.2, 0) is 16.1 Å². The van der Waals surface area contributed by atoms with Crippen molar-refractivity contribution in [2.75, 3.05) is 24.4 Å². The molecule has 6 heteroatoms. The lowest BCUT2D eigenvalue weighted by Gasteiger charge is -2.39. The molecule has 0 saturated carbocycles. The molecule has 0 aliphatic carbocycles. The van der Waals surface area contributed by atoms with Gasteiger partial charge in [-0.05, 0) is 43.7 Å². The van der Waals surface area contributed by atoms with Crippen LogP contribution in [0.3, 0.4) is 0 Å². The van der Waals surface area contributed by atoms with Gasteiger partial charge >= 0.3 is 0 Å². The van der Waals surface area contributed by atoms with Gasteiger partial charge in [-0.3, -0.25) is 4.79 Å². The molecule has 1 heterocycles. The number of halogens is 1. The Morgan fingerprint density at radius 1 is 1.28 bits per heavy atom. The van der Waals surface area contributed by atoms with Crippen LogP contribution >= 0.6 is 0 Å². The fourth-order valence-corrected chi connectivity index (χ4v) is 3.60. The van der Waals surface area contributed by atoms with Gasteiger partial charge in [-0.1, -0.05) is 19.6 Å². The fourth-order valence-electron chi connectivity index (χ4n) is 3.60. The van der Waals surface area contributed by atoms with E-state index in [9.17, 15) is 9.18 Å². The monoisotopic (exact) mass is 400 g/mol. The molecule has 0 aromatic heterocycles. The Morgan fingerprint density at radius 2 is 2.00 bits per heavy atom. The van der Waals surface area contributed by atoms with E-state index in [1.807, 2.05) is 32.9 Å². The summed E-state index contributed by atoms with van der Waals surface area (Å²) in [6, 6.07) is 8.18. The van der Waals surface area contributed by atoms with Crippen LogP contribution in [0, 0.1) is 5.82 Å². The molecule has 5 nitrogen and oxygen atoms in total. The quantitative estimate of drug-likeness (QED) is 0.664. The predicted molar refractivity (Wildman–Crippen MR) is 116 cm³/mol. The van der Waals surface area contributed by atoms with Gasteiger partial charge in [0.1, 0.15) is 23.7 Å². The molecule has 2 aromatic rings. The van der Waals surface area contributed by atoms with Gasteiger partial charge in [0.25, 0.3) is 5.91 Å². The van der Waals surface area contributed by atoms with Crippen molar-refractivity contribution >= 4 is 17.3 Å². The SMILES string of the molecule is C=C(CC)OCc1c(-c2cc(F)ccc2OC)ccc2c1N(C)C(=O)C(C)(C)N2.[HH]. The average Bonchev–Trinajstić information content (AvgIpc) is 2.69. The average molecular weight is 400 g/mol. The number of fused-ring (bicyclic) bond motifs is 1. The number of amides is 1. The summed E-state index contributed by atoms with van der Waals surface area (Å²) >= 11 is 0. The first-order valence-corrected chi connectivity index (χ1v) is 9.56. The molecule has 0 spiro atoms. The maximum absolute atomic E-state index is 14.1. The van der Waals surface area contributed by atoms with Crippen LogP contribution in [0.1, 0.15) is 34.2 Å². The lowest BCUT2D eigenvalue weighted by atomic mass is 9.92. The second-order valence-electron chi connectivity index (χ2n) is 7.63. The van der Waals surface area contributed by atoms with Crippen molar-refractivity contribution in [2.45, 2.75) is 39.3 Å². The minimum absolute atomic E-state index is 0. The number of benzene rings is 2. The number of nitrogens with zero attached hydrogens (tertiary/aromatic N) is 1. The number of carbonyl (C=O) groups is 1. The third-order valence-corrected chi connectivity index (χ3v) is 5.17. The smallest absolute Gasteiger partial charge is 0.251 e. The molecule has 0 bridgehead atoms. The van der Waals surface area contributed by atoms with E-state index < -0.39 is 5.54 Å². The van der Waals surface area contributed by atoms with E-state index >= 15 is 0 Å². The number of hydrogen-bond acceptors (Lipinski definition) is 4. The van der Waals surface area contributed by atoms with Gasteiger partial charge in [-0.15, -0.1) is 0 Å². The topological polar surface area (TPSA) is 50.8 Å². The molecule has 1 amide bonds. The molecule has 156 valence electrons. The second-order valence-corrected chi connectivity index (χ2v) is 7.63. The number of rotatable bonds is 6. The van der Waals surface area contributed by atoms with Crippen molar-refractivity contribution in [3.8, 4) is 16.9 Å². The Kier molecular flexibility index (Phi) is 5.55. The van der Waals surface area contributed by atoms with Crippen LogP contribution in [0.2, 0.25) is 0 Å². The van der Waals surface area contributed by atoms with Crippen LogP contribution in [0.15, 0.2) is 42.7 Å². The molecule has 2 aromatic carbocycles. The third kappa shape index (κ3) is 3.79. The zero-order valence-corrected chi connectivity index (χ0v) is 17.6. The highest BCUT2D eigenvalue weighted by Crippen LogP contribution is 2.44. The highest BCUT2D eigenvalue weighted by molar-refractivity contribution is 6.08. The van der Waals surface area contributed by atoms with Crippen molar-refractivity contribution in [3.05, 3.63) is 54.1 Å². The first-order valence-electron chi connectivity index (χ1n) is 9.56. The van der Waals surface area contributed by atoms with E-state index in [2.05, 4.69) is 11.9 Å². The summed E-state index contributed by atoms with van der Waals surface area (Å²) in [6.45, 7) is 9.74. The molecule has 1 N–H and O–H groups in total. The van der Waals surface area contributed by atoms with Gasteiger partial charge in [0.05, 0.1) is 24.2 Å². The first-order chi connectivity index (χ1) is 13.7. The van der Waals surface area contributed by atoms with Gasteiger partial charge in [0.2, 0.25) is 0 Å². The van der Waals surface area contributed by atoms with E-state index in [1.54, 1.807) is 25.1 Å². The third-order valence-electron chi connectivity index (χ3n) is 5.17. The Balaban J connectivity index is 0.00000320. The molecule has 1 aliphatic rings. The lowest BCUT2D eigenvalue weighted by Crippen LogP contribution is -2.52. The van der Waals surface area contributed by atoms with E-state index in [4.69, 9.17) is 9.47 Å². The van der Waals surface area contributed by atoms with Gasteiger partial charge in [-0.2, -0.15) is 0 Å². The molecular formula is C23H29FN2O3. The van der Waals surface area contributed by atoms with Crippen molar-refractivity contribution < 1.29 is 20.1 Å². The highest BCUT2D eigenvalue weighted by atomic mass is 19.1. The zero-order chi connectivity index (χ0) is 21.3. The maximum atomic E-state index is 14.1. The molecule has 3 rings (SSSR count). The summed E-state index contributed by atoms with van der Waals surface area (Å²) in [5, 5.41) is 3.30. The van der Waals surface area contributed by atoms with Crippen molar-refractivity contribution in [2.24, 2.45) is 0 Å². The van der Waals surface area contributed by atoms with Crippen LogP contribution in [-0.4, -0.2) is 25.6 Å². The van der Waals surface area contributed by atoms with E-state index in [1.165, 1.54) is 12.1 Å². The molecule has 1 aliphatic heterocycles. The van der Waals surface area contributed by atoms with Crippen molar-refractivity contribution in [3.63, 3.8) is 0 Å². The molecule has 0 radical (unpaired) electrons. The summed E-state index contributed by atoms with van der Waals surface area (Å²) in [4.78, 5) is 14.5. The second kappa shape index (κ2) is 7.78. The van der Waals surface area contributed by atoms with Crippen LogP contribution in [0.4, 0.5) is 15.8 Å². The number of nitrogens with one attached hydrogen (secondary N) is 1. The molecule has 0 fully saturated rings. The molecular weight excluding hydrogens is 371 g/mol. The molecule has 29 heavy (non-hydrogen) atoms. The Morgan fingerprint density at radius 3 is 2.66 bits per heavy atom. The Hall–Kier alpha value is -3.02. The number of anilines is 2. The van der Waals surface area contributed by atoms with Gasteiger partial charge in [0.15, 0.2) is 0 Å². The fraction of sp³-hybridized carbons (Fsp3) is 0.348. The largest absolute Gasteiger partial charge is 0.496 e. The number of ether oxygens (including phenoxy) is 2. The summed E-state index contributed by atoms with van der Waals surface area (Å²) in [5.41, 5.74) is 2.90. The van der Waals surface area contributed by atoms with E-state index in [-0.39, 0.29) is 19.8 Å². The molecule has 0 unspecified atom stereocenters. The number of likely N-dealkylation sites (N-methyl/N-ethyl adjacent to an activating group) is 1.